The molecule has 0 radical (unpaired) electrons. The molecule has 0 aliphatic carbocycles. The standard InChI is InChI=1S/C22H30N2O4S/c1-4-15-24(16-5-2)29(26,27)21-11-9-19(10-12-21)22(25)23-14-13-18-7-6-8-20(17-18)28-3/h6-12,17H,4-5,13-16H2,1-3H3,(H,23,25). The first-order valence-corrected chi connectivity index (χ1v) is 11.4. The Bertz CT molecular complexity index is 889. The first kappa shape index (κ1) is 22.9. The second-order valence-electron chi connectivity index (χ2n) is 6.79. The second kappa shape index (κ2) is 11.0. The van der Waals surface area contributed by atoms with Gasteiger partial charge in [-0.2, -0.15) is 4.31 Å². The molecule has 0 aliphatic heterocycles. The van der Waals surface area contributed by atoms with Gasteiger partial charge in [-0.3, -0.25) is 4.79 Å². The molecule has 0 saturated heterocycles. The monoisotopic (exact) mass is 418 g/mol. The summed E-state index contributed by atoms with van der Waals surface area (Å²) in [6, 6.07) is 13.8. The Balaban J connectivity index is 1.98. The number of benzene rings is 2. The Morgan fingerprint density at radius 3 is 2.28 bits per heavy atom. The normalized spacial score (nSPS) is 11.4. The highest BCUT2D eigenvalue weighted by Gasteiger charge is 2.23. The lowest BCUT2D eigenvalue weighted by Crippen LogP contribution is -2.32. The van der Waals surface area contributed by atoms with Gasteiger partial charge in [-0.15, -0.1) is 0 Å². The molecule has 0 heterocycles. The van der Waals surface area contributed by atoms with E-state index < -0.39 is 10.0 Å². The predicted octanol–water partition coefficient (Wildman–Crippen LogP) is 3.48. The van der Waals surface area contributed by atoms with Crippen LogP contribution in [0, 0.1) is 0 Å². The van der Waals surface area contributed by atoms with E-state index >= 15 is 0 Å². The average Bonchev–Trinajstić information content (AvgIpc) is 2.73. The van der Waals surface area contributed by atoms with Crippen molar-refractivity contribution >= 4 is 15.9 Å². The van der Waals surface area contributed by atoms with Gasteiger partial charge in [0.2, 0.25) is 10.0 Å². The van der Waals surface area contributed by atoms with Crippen LogP contribution in [0.3, 0.4) is 0 Å². The van der Waals surface area contributed by atoms with Crippen molar-refractivity contribution in [3.8, 4) is 5.75 Å². The van der Waals surface area contributed by atoms with E-state index in [9.17, 15) is 13.2 Å². The molecule has 1 N–H and O–H groups in total. The number of hydrogen-bond acceptors (Lipinski definition) is 4. The Hall–Kier alpha value is -2.38. The molecule has 6 nitrogen and oxygen atoms in total. The van der Waals surface area contributed by atoms with Gasteiger partial charge in [0.15, 0.2) is 0 Å². The van der Waals surface area contributed by atoms with Crippen LogP contribution in [0.2, 0.25) is 0 Å². The van der Waals surface area contributed by atoms with Gasteiger partial charge in [-0.25, -0.2) is 8.42 Å². The molecule has 0 spiro atoms. The topological polar surface area (TPSA) is 75.7 Å². The van der Waals surface area contributed by atoms with Crippen molar-refractivity contribution in [1.29, 1.82) is 0 Å². The molecular weight excluding hydrogens is 388 g/mol. The number of amides is 1. The maximum atomic E-state index is 12.8. The number of nitrogens with zero attached hydrogens (tertiary/aromatic N) is 1. The van der Waals surface area contributed by atoms with Crippen LogP contribution in [-0.2, 0) is 16.4 Å². The van der Waals surface area contributed by atoms with E-state index in [1.54, 1.807) is 19.2 Å². The van der Waals surface area contributed by atoms with Crippen molar-refractivity contribution in [2.75, 3.05) is 26.7 Å². The number of nitrogens with one attached hydrogen (secondary N) is 1. The van der Waals surface area contributed by atoms with E-state index in [4.69, 9.17) is 4.74 Å². The third-order valence-electron chi connectivity index (χ3n) is 4.53. The quantitative estimate of drug-likeness (QED) is 0.606. The summed E-state index contributed by atoms with van der Waals surface area (Å²) >= 11 is 0. The lowest BCUT2D eigenvalue weighted by Gasteiger charge is -2.21. The summed E-state index contributed by atoms with van der Waals surface area (Å²) in [6.45, 7) is 5.37. The van der Waals surface area contributed by atoms with Crippen LogP contribution in [0.4, 0.5) is 0 Å². The van der Waals surface area contributed by atoms with Gasteiger partial charge in [0.25, 0.3) is 5.91 Å². The summed E-state index contributed by atoms with van der Waals surface area (Å²) in [7, 11) is -1.92. The summed E-state index contributed by atoms with van der Waals surface area (Å²) in [4.78, 5) is 12.6. The molecule has 0 aromatic heterocycles. The van der Waals surface area contributed by atoms with Crippen LogP contribution in [0.25, 0.3) is 0 Å². The molecule has 7 heteroatoms. The van der Waals surface area contributed by atoms with Crippen LogP contribution in [0.5, 0.6) is 5.75 Å². The van der Waals surface area contributed by atoms with E-state index in [1.165, 1.54) is 16.4 Å². The Morgan fingerprint density at radius 1 is 1.03 bits per heavy atom. The van der Waals surface area contributed by atoms with Gasteiger partial charge in [0.1, 0.15) is 5.75 Å². The lowest BCUT2D eigenvalue weighted by atomic mass is 10.1. The van der Waals surface area contributed by atoms with Crippen LogP contribution in [0.15, 0.2) is 53.4 Å². The average molecular weight is 419 g/mol. The van der Waals surface area contributed by atoms with Gasteiger partial charge in [-0.05, 0) is 61.2 Å². The van der Waals surface area contributed by atoms with E-state index in [2.05, 4.69) is 5.32 Å². The molecule has 0 aliphatic rings. The fourth-order valence-corrected chi connectivity index (χ4v) is 4.65. The molecular formula is C22H30N2O4S. The van der Waals surface area contributed by atoms with Gasteiger partial charge >= 0.3 is 0 Å². The highest BCUT2D eigenvalue weighted by molar-refractivity contribution is 7.89. The Labute approximate surface area is 173 Å². The highest BCUT2D eigenvalue weighted by atomic mass is 32.2. The first-order valence-electron chi connectivity index (χ1n) is 9.93. The zero-order chi connectivity index (χ0) is 21.3. The molecule has 0 fully saturated rings. The summed E-state index contributed by atoms with van der Waals surface area (Å²) in [5.74, 6) is 0.557. The molecule has 29 heavy (non-hydrogen) atoms. The minimum atomic E-state index is -3.54. The van der Waals surface area contributed by atoms with Gasteiger partial charge in [0, 0.05) is 25.2 Å². The fraction of sp³-hybridized carbons (Fsp3) is 0.409. The van der Waals surface area contributed by atoms with Crippen LogP contribution >= 0.6 is 0 Å². The number of carbonyl (C=O) groups excluding carboxylic acids is 1. The minimum absolute atomic E-state index is 0.215. The van der Waals surface area contributed by atoms with Crippen LogP contribution < -0.4 is 10.1 Å². The Kier molecular flexibility index (Phi) is 8.67. The molecule has 0 unspecified atom stereocenters. The number of rotatable bonds is 11. The lowest BCUT2D eigenvalue weighted by molar-refractivity contribution is 0.0954. The summed E-state index contributed by atoms with van der Waals surface area (Å²) in [5.41, 5.74) is 1.50. The minimum Gasteiger partial charge on any atom is -0.497 e. The van der Waals surface area contributed by atoms with Crippen molar-refractivity contribution in [3.05, 3.63) is 59.7 Å². The van der Waals surface area contributed by atoms with Crippen molar-refractivity contribution < 1.29 is 17.9 Å². The first-order chi connectivity index (χ1) is 13.9. The maximum Gasteiger partial charge on any atom is 0.251 e. The third-order valence-corrected chi connectivity index (χ3v) is 6.45. The van der Waals surface area contributed by atoms with Crippen molar-refractivity contribution in [2.24, 2.45) is 0 Å². The number of hydrogen-bond donors (Lipinski definition) is 1. The van der Waals surface area contributed by atoms with Crippen molar-refractivity contribution in [3.63, 3.8) is 0 Å². The largest absolute Gasteiger partial charge is 0.497 e. The fourth-order valence-electron chi connectivity index (χ4n) is 3.03. The Morgan fingerprint density at radius 2 is 1.69 bits per heavy atom. The SMILES string of the molecule is CCCN(CCC)S(=O)(=O)c1ccc(C(=O)NCCc2cccc(OC)c2)cc1. The van der Waals surface area contributed by atoms with Crippen LogP contribution in [0.1, 0.15) is 42.6 Å². The third kappa shape index (κ3) is 6.30. The number of sulfonamides is 1. The van der Waals surface area contributed by atoms with E-state index in [-0.39, 0.29) is 10.8 Å². The molecule has 0 saturated carbocycles. The molecule has 2 aromatic carbocycles. The van der Waals surface area contributed by atoms with Crippen molar-refractivity contribution in [1.82, 2.24) is 9.62 Å². The maximum absolute atomic E-state index is 12.8. The summed E-state index contributed by atoms with van der Waals surface area (Å²) in [6.07, 6.45) is 2.19. The molecule has 2 aromatic rings. The molecule has 0 bridgehead atoms. The molecule has 0 atom stereocenters. The van der Waals surface area contributed by atoms with Crippen LogP contribution in [-0.4, -0.2) is 45.4 Å². The van der Waals surface area contributed by atoms with Gasteiger partial charge < -0.3 is 10.1 Å². The summed E-state index contributed by atoms with van der Waals surface area (Å²) < 4.78 is 32.3. The molecule has 1 amide bonds. The van der Waals surface area contributed by atoms with E-state index in [1.807, 2.05) is 38.1 Å². The molecule has 2 rings (SSSR count). The predicted molar refractivity (Wildman–Crippen MR) is 115 cm³/mol. The van der Waals surface area contributed by atoms with E-state index in [0.717, 1.165) is 24.2 Å². The number of methoxy groups -OCH3 is 1. The van der Waals surface area contributed by atoms with Crippen molar-refractivity contribution in [2.45, 2.75) is 38.0 Å². The summed E-state index contributed by atoms with van der Waals surface area (Å²) in [5, 5.41) is 2.87. The van der Waals surface area contributed by atoms with Gasteiger partial charge in [0.05, 0.1) is 12.0 Å². The number of ether oxygens (including phenoxy) is 1. The zero-order valence-electron chi connectivity index (χ0n) is 17.3. The molecule has 158 valence electrons. The highest BCUT2D eigenvalue weighted by Crippen LogP contribution is 2.17. The van der Waals surface area contributed by atoms with Gasteiger partial charge in [-0.1, -0.05) is 26.0 Å². The zero-order valence-corrected chi connectivity index (χ0v) is 18.2. The number of carbonyl (C=O) groups is 1. The van der Waals surface area contributed by atoms with E-state index in [0.29, 0.717) is 31.6 Å². The smallest absolute Gasteiger partial charge is 0.251 e. The second-order valence-corrected chi connectivity index (χ2v) is 8.72.